The molecule has 0 aliphatic rings. The lowest BCUT2D eigenvalue weighted by molar-refractivity contribution is -0.148. The summed E-state index contributed by atoms with van der Waals surface area (Å²) in [6.45, 7) is 0. The van der Waals surface area contributed by atoms with Crippen molar-refractivity contribution in [2.45, 2.75) is 12.1 Å². The third-order valence-corrected chi connectivity index (χ3v) is 4.20. The second-order valence-electron chi connectivity index (χ2n) is 4.15. The zero-order valence-corrected chi connectivity index (χ0v) is 11.7. The molecule has 0 radical (unpaired) electrons. The Morgan fingerprint density at radius 2 is 1.80 bits per heavy atom. The molecule has 0 aliphatic heterocycles. The normalized spacial score (nSPS) is 14.6. The number of carboxylic acids is 2. The van der Waals surface area contributed by atoms with Crippen LogP contribution in [0.1, 0.15) is 5.56 Å². The quantitative estimate of drug-likeness (QED) is 0.579. The highest BCUT2D eigenvalue weighted by molar-refractivity contribution is 7.53. The summed E-state index contributed by atoms with van der Waals surface area (Å²) < 4.78 is 11.2. The topological polar surface area (TPSA) is 132 Å². The van der Waals surface area contributed by atoms with Crippen LogP contribution in [-0.2, 0) is 20.6 Å². The van der Waals surface area contributed by atoms with Crippen molar-refractivity contribution in [2.75, 3.05) is 0 Å². The van der Waals surface area contributed by atoms with Crippen molar-refractivity contribution in [3.63, 3.8) is 0 Å². The Hall–Kier alpha value is -1.40. The van der Waals surface area contributed by atoms with Gasteiger partial charge in [0.1, 0.15) is 0 Å². The largest absolute Gasteiger partial charge is 0.481 e. The van der Waals surface area contributed by atoms with Crippen LogP contribution in [0.2, 0.25) is 5.02 Å². The summed E-state index contributed by atoms with van der Waals surface area (Å²) in [5.41, 5.74) is -1.93. The molecule has 1 rings (SSSR count). The SMILES string of the molecule is O=C(O)C(Cc1cccc(Cl)c1)C(C(=O)O)P(=O)(O)O. The van der Waals surface area contributed by atoms with Gasteiger partial charge in [0.05, 0.1) is 5.92 Å². The molecule has 1 aromatic carbocycles. The van der Waals surface area contributed by atoms with Gasteiger partial charge in [0, 0.05) is 5.02 Å². The van der Waals surface area contributed by atoms with E-state index in [-0.39, 0.29) is 6.42 Å². The molecule has 1 aromatic rings. The van der Waals surface area contributed by atoms with Crippen molar-refractivity contribution in [3.8, 4) is 0 Å². The molecule has 0 aromatic heterocycles. The van der Waals surface area contributed by atoms with Gasteiger partial charge in [-0.2, -0.15) is 0 Å². The molecule has 20 heavy (non-hydrogen) atoms. The Balaban J connectivity index is 3.14. The molecule has 0 saturated heterocycles. The fourth-order valence-electron chi connectivity index (χ4n) is 1.80. The maximum absolute atomic E-state index is 11.2. The van der Waals surface area contributed by atoms with Crippen molar-refractivity contribution in [3.05, 3.63) is 34.9 Å². The fraction of sp³-hybridized carbons (Fsp3) is 0.273. The molecular weight excluding hydrogens is 311 g/mol. The molecule has 7 nitrogen and oxygen atoms in total. The maximum Gasteiger partial charge on any atom is 0.340 e. The summed E-state index contributed by atoms with van der Waals surface area (Å²) in [7, 11) is -5.10. The van der Waals surface area contributed by atoms with E-state index in [1.807, 2.05) is 0 Å². The predicted octanol–water partition coefficient (Wildman–Crippen LogP) is 1.21. The number of hydrogen-bond donors (Lipinski definition) is 4. The van der Waals surface area contributed by atoms with Crippen LogP contribution < -0.4 is 0 Å². The van der Waals surface area contributed by atoms with Crippen LogP contribution in [0.5, 0.6) is 0 Å². The van der Waals surface area contributed by atoms with Gasteiger partial charge in [0.25, 0.3) is 0 Å². The second-order valence-corrected chi connectivity index (χ2v) is 6.32. The number of carbonyl (C=O) groups is 2. The summed E-state index contributed by atoms with van der Waals surface area (Å²) in [5, 5.41) is 18.2. The first-order valence-electron chi connectivity index (χ1n) is 5.38. The molecule has 4 N–H and O–H groups in total. The third-order valence-electron chi connectivity index (χ3n) is 2.66. The Morgan fingerprint density at radius 3 is 2.20 bits per heavy atom. The number of aliphatic carboxylic acids is 2. The highest BCUT2D eigenvalue weighted by Gasteiger charge is 2.45. The summed E-state index contributed by atoms with van der Waals surface area (Å²) >= 11 is 5.72. The summed E-state index contributed by atoms with van der Waals surface area (Å²) in [6.07, 6.45) is -0.349. The lowest BCUT2D eigenvalue weighted by Crippen LogP contribution is -2.36. The van der Waals surface area contributed by atoms with E-state index in [0.29, 0.717) is 10.6 Å². The van der Waals surface area contributed by atoms with Crippen LogP contribution >= 0.6 is 19.2 Å². The average molecular weight is 323 g/mol. The molecule has 0 saturated carbocycles. The highest BCUT2D eigenvalue weighted by atomic mass is 35.5. The fourth-order valence-corrected chi connectivity index (χ4v) is 3.00. The van der Waals surface area contributed by atoms with Crippen LogP contribution in [-0.4, -0.2) is 37.6 Å². The minimum absolute atomic E-state index is 0.315. The lowest BCUT2D eigenvalue weighted by atomic mass is 9.96. The van der Waals surface area contributed by atoms with Crippen molar-refractivity contribution in [2.24, 2.45) is 5.92 Å². The molecule has 2 atom stereocenters. The zero-order chi connectivity index (χ0) is 15.5. The summed E-state index contributed by atoms with van der Waals surface area (Å²) in [4.78, 5) is 40.2. The zero-order valence-electron chi connectivity index (χ0n) is 10.0. The number of rotatable bonds is 6. The monoisotopic (exact) mass is 322 g/mol. The van der Waals surface area contributed by atoms with Gasteiger partial charge < -0.3 is 20.0 Å². The van der Waals surface area contributed by atoms with Gasteiger partial charge in [-0.25, -0.2) is 0 Å². The Morgan fingerprint density at radius 1 is 1.20 bits per heavy atom. The van der Waals surface area contributed by atoms with Crippen LogP contribution in [0.25, 0.3) is 0 Å². The van der Waals surface area contributed by atoms with Gasteiger partial charge in [0.2, 0.25) is 0 Å². The van der Waals surface area contributed by atoms with Gasteiger partial charge in [-0.05, 0) is 24.1 Å². The number of benzene rings is 1. The van der Waals surface area contributed by atoms with Crippen LogP contribution in [0.15, 0.2) is 24.3 Å². The van der Waals surface area contributed by atoms with Gasteiger partial charge >= 0.3 is 19.5 Å². The standard InChI is InChI=1S/C11H12ClO7P/c12-7-3-1-2-6(4-7)5-8(10(13)14)9(11(15)16)20(17,18)19/h1-4,8-9H,5H2,(H,13,14)(H,15,16)(H2,17,18,19). The molecular formula is C11H12ClO7P. The summed E-state index contributed by atoms with van der Waals surface area (Å²) in [5.74, 6) is -5.21. The first kappa shape index (κ1) is 16.7. The smallest absolute Gasteiger partial charge is 0.340 e. The third kappa shape index (κ3) is 4.31. The van der Waals surface area contributed by atoms with Gasteiger partial charge in [-0.15, -0.1) is 0 Å². The molecule has 0 bridgehead atoms. The van der Waals surface area contributed by atoms with Gasteiger partial charge in [-0.1, -0.05) is 23.7 Å². The molecule has 0 heterocycles. The van der Waals surface area contributed by atoms with E-state index < -0.39 is 31.1 Å². The van der Waals surface area contributed by atoms with Gasteiger partial charge in [0.15, 0.2) is 5.66 Å². The van der Waals surface area contributed by atoms with E-state index >= 15 is 0 Å². The first-order valence-corrected chi connectivity index (χ1v) is 7.44. The highest BCUT2D eigenvalue weighted by Crippen LogP contribution is 2.46. The van der Waals surface area contributed by atoms with E-state index in [9.17, 15) is 14.2 Å². The molecule has 0 aliphatic carbocycles. The minimum Gasteiger partial charge on any atom is -0.481 e. The van der Waals surface area contributed by atoms with E-state index in [1.54, 1.807) is 6.07 Å². The lowest BCUT2D eigenvalue weighted by Gasteiger charge is -2.21. The molecule has 110 valence electrons. The number of carboxylic acid groups (broad SMARTS) is 2. The first-order chi connectivity index (χ1) is 9.12. The van der Waals surface area contributed by atoms with E-state index in [2.05, 4.69) is 0 Å². The Kier molecular flexibility index (Phi) is 5.30. The van der Waals surface area contributed by atoms with E-state index in [0.717, 1.165) is 0 Å². The van der Waals surface area contributed by atoms with Crippen LogP contribution in [0.3, 0.4) is 0 Å². The van der Waals surface area contributed by atoms with E-state index in [4.69, 9.17) is 31.6 Å². The second kappa shape index (κ2) is 6.37. The average Bonchev–Trinajstić information content (AvgIpc) is 2.25. The number of halogens is 1. The van der Waals surface area contributed by atoms with Gasteiger partial charge in [-0.3, -0.25) is 14.2 Å². The van der Waals surface area contributed by atoms with Crippen molar-refractivity contribution < 1.29 is 34.2 Å². The number of hydrogen-bond acceptors (Lipinski definition) is 3. The molecule has 0 spiro atoms. The van der Waals surface area contributed by atoms with Crippen LogP contribution in [0, 0.1) is 5.92 Å². The minimum atomic E-state index is -5.10. The predicted molar refractivity (Wildman–Crippen MR) is 69.7 cm³/mol. The van der Waals surface area contributed by atoms with Crippen molar-refractivity contribution in [1.29, 1.82) is 0 Å². The van der Waals surface area contributed by atoms with E-state index in [1.165, 1.54) is 18.2 Å². The molecule has 9 heteroatoms. The molecule has 2 unspecified atom stereocenters. The Bertz CT molecular complexity index is 568. The molecule has 0 amide bonds. The van der Waals surface area contributed by atoms with Crippen molar-refractivity contribution in [1.82, 2.24) is 0 Å². The Labute approximate surface area is 119 Å². The van der Waals surface area contributed by atoms with Crippen molar-refractivity contribution >= 4 is 31.1 Å². The molecule has 0 fully saturated rings. The maximum atomic E-state index is 11.2. The summed E-state index contributed by atoms with van der Waals surface area (Å²) in [6, 6.07) is 5.98. The van der Waals surface area contributed by atoms with Crippen LogP contribution in [0.4, 0.5) is 0 Å².